The molecule has 0 aliphatic carbocycles. The lowest BCUT2D eigenvalue weighted by molar-refractivity contribution is 0.318. The molecule has 0 spiro atoms. The highest BCUT2D eigenvalue weighted by Gasteiger charge is 2.00. The Balaban J connectivity index is 2.60. The highest BCUT2D eigenvalue weighted by Crippen LogP contribution is 2.05. The molecule has 5 nitrogen and oxygen atoms in total. The van der Waals surface area contributed by atoms with Crippen LogP contribution in [0.25, 0.3) is 5.52 Å². The lowest BCUT2D eigenvalue weighted by Gasteiger charge is -1.98. The summed E-state index contributed by atoms with van der Waals surface area (Å²) < 4.78 is 1.84. The van der Waals surface area contributed by atoms with Crippen LogP contribution in [0.2, 0.25) is 0 Å². The van der Waals surface area contributed by atoms with Gasteiger partial charge in [0, 0.05) is 11.8 Å². The molecule has 0 aliphatic heterocycles. The summed E-state index contributed by atoms with van der Waals surface area (Å²) in [5.74, 6) is 0.101. The molecule has 5 heteroatoms. The maximum absolute atomic E-state index is 8.45. The number of rotatable bonds is 1. The van der Waals surface area contributed by atoms with E-state index in [4.69, 9.17) is 10.9 Å². The normalized spacial score (nSPS) is 12.2. The first-order valence-electron chi connectivity index (χ1n) is 3.71. The van der Waals surface area contributed by atoms with Crippen LogP contribution in [0.15, 0.2) is 36.0 Å². The quantitative estimate of drug-likeness (QED) is 0.286. The van der Waals surface area contributed by atoms with Gasteiger partial charge < -0.3 is 15.3 Å². The van der Waals surface area contributed by atoms with Gasteiger partial charge in [-0.15, -0.1) is 0 Å². The Morgan fingerprint density at radius 1 is 1.62 bits per heavy atom. The lowest BCUT2D eigenvalue weighted by Crippen LogP contribution is -2.13. The fraction of sp³-hybridized carbons (Fsp3) is 0. The largest absolute Gasteiger partial charge is 0.409 e. The minimum absolute atomic E-state index is 0.101. The topological polar surface area (TPSA) is 75.9 Å². The maximum atomic E-state index is 8.45. The Bertz CT molecular complexity index is 460. The number of nitrogens with two attached hydrogens (primary N) is 1. The van der Waals surface area contributed by atoms with E-state index in [-0.39, 0.29) is 5.84 Å². The minimum atomic E-state index is 0.101. The highest BCUT2D eigenvalue weighted by molar-refractivity contribution is 5.97. The monoisotopic (exact) mass is 176 g/mol. The number of hydrogen-bond donors (Lipinski definition) is 2. The van der Waals surface area contributed by atoms with E-state index in [9.17, 15) is 0 Å². The summed E-state index contributed by atoms with van der Waals surface area (Å²) in [7, 11) is 0. The molecule has 0 radical (unpaired) electrons. The van der Waals surface area contributed by atoms with Gasteiger partial charge in [-0.05, 0) is 12.1 Å². The van der Waals surface area contributed by atoms with Crippen molar-refractivity contribution in [3.8, 4) is 0 Å². The molecule has 2 rings (SSSR count). The molecule has 2 aromatic rings. The van der Waals surface area contributed by atoms with Crippen molar-refractivity contribution in [2.24, 2.45) is 10.9 Å². The summed E-state index contributed by atoms with van der Waals surface area (Å²) in [6, 6.07) is 3.55. The molecule has 0 bridgehead atoms. The second-order valence-electron chi connectivity index (χ2n) is 2.63. The molecule has 13 heavy (non-hydrogen) atoms. The van der Waals surface area contributed by atoms with Crippen molar-refractivity contribution in [1.29, 1.82) is 0 Å². The zero-order valence-corrected chi connectivity index (χ0v) is 6.75. The van der Waals surface area contributed by atoms with Crippen LogP contribution in [0.4, 0.5) is 0 Å². The molecule has 0 atom stereocenters. The van der Waals surface area contributed by atoms with Crippen LogP contribution in [-0.4, -0.2) is 20.4 Å². The summed E-state index contributed by atoms with van der Waals surface area (Å²) in [4.78, 5) is 3.95. The van der Waals surface area contributed by atoms with E-state index in [1.807, 2.05) is 4.40 Å². The second-order valence-corrected chi connectivity index (χ2v) is 2.63. The van der Waals surface area contributed by atoms with Crippen molar-refractivity contribution >= 4 is 11.4 Å². The van der Waals surface area contributed by atoms with Gasteiger partial charge in [-0.3, -0.25) is 0 Å². The first-order valence-corrected chi connectivity index (χ1v) is 3.71. The highest BCUT2D eigenvalue weighted by atomic mass is 16.4. The van der Waals surface area contributed by atoms with E-state index in [0.29, 0.717) is 5.56 Å². The van der Waals surface area contributed by atoms with Crippen molar-refractivity contribution in [3.63, 3.8) is 0 Å². The van der Waals surface area contributed by atoms with Crippen molar-refractivity contribution in [1.82, 2.24) is 9.38 Å². The number of amidine groups is 1. The summed E-state index contributed by atoms with van der Waals surface area (Å²) >= 11 is 0. The van der Waals surface area contributed by atoms with Crippen LogP contribution in [0.5, 0.6) is 0 Å². The smallest absolute Gasteiger partial charge is 0.170 e. The molecule has 0 aromatic carbocycles. The molecule has 0 amide bonds. The number of imidazole rings is 1. The van der Waals surface area contributed by atoms with E-state index in [2.05, 4.69) is 10.1 Å². The van der Waals surface area contributed by atoms with Crippen LogP contribution in [0, 0.1) is 0 Å². The van der Waals surface area contributed by atoms with Gasteiger partial charge in [0.05, 0.1) is 18.0 Å². The average Bonchev–Trinajstić information content (AvgIpc) is 2.63. The fourth-order valence-corrected chi connectivity index (χ4v) is 1.14. The van der Waals surface area contributed by atoms with E-state index >= 15 is 0 Å². The average molecular weight is 176 g/mol. The number of nitrogens with zero attached hydrogens (tertiary/aromatic N) is 3. The molecule has 0 fully saturated rings. The van der Waals surface area contributed by atoms with Gasteiger partial charge in [-0.25, -0.2) is 4.98 Å². The van der Waals surface area contributed by atoms with Crippen molar-refractivity contribution in [2.75, 3.05) is 0 Å². The Kier molecular flexibility index (Phi) is 1.63. The fourth-order valence-electron chi connectivity index (χ4n) is 1.14. The molecule has 0 saturated carbocycles. The second kappa shape index (κ2) is 2.78. The van der Waals surface area contributed by atoms with Crippen LogP contribution in [-0.2, 0) is 0 Å². The predicted molar refractivity (Wildman–Crippen MR) is 47.7 cm³/mol. The molecule has 0 unspecified atom stereocenters. The zero-order valence-electron chi connectivity index (χ0n) is 6.75. The molecule has 66 valence electrons. The summed E-state index contributed by atoms with van der Waals surface area (Å²) in [6.07, 6.45) is 5.19. The predicted octanol–water partition coefficient (Wildman–Crippen LogP) is 0.429. The first kappa shape index (κ1) is 7.60. The first-order chi connectivity index (χ1) is 6.31. The molecular formula is C8H8N4O. The minimum Gasteiger partial charge on any atom is -0.409 e. The Morgan fingerprint density at radius 2 is 2.46 bits per heavy atom. The van der Waals surface area contributed by atoms with Gasteiger partial charge in [0.1, 0.15) is 0 Å². The molecule has 2 heterocycles. The zero-order chi connectivity index (χ0) is 9.26. The van der Waals surface area contributed by atoms with E-state index in [1.54, 1.807) is 30.9 Å². The lowest BCUT2D eigenvalue weighted by atomic mass is 10.2. The third-order valence-corrected chi connectivity index (χ3v) is 1.82. The molecule has 0 aliphatic rings. The Hall–Kier alpha value is -2.04. The van der Waals surface area contributed by atoms with Gasteiger partial charge in [0.25, 0.3) is 0 Å². The SMILES string of the molecule is N/C(=N/O)c1ccn2cncc2c1. The third-order valence-electron chi connectivity index (χ3n) is 1.82. The maximum Gasteiger partial charge on any atom is 0.170 e. The third kappa shape index (κ3) is 1.20. The number of aromatic nitrogens is 2. The molecule has 3 N–H and O–H groups in total. The number of hydrogen-bond acceptors (Lipinski definition) is 3. The van der Waals surface area contributed by atoms with Crippen LogP contribution < -0.4 is 5.73 Å². The van der Waals surface area contributed by atoms with E-state index in [0.717, 1.165) is 5.52 Å². The van der Waals surface area contributed by atoms with E-state index in [1.165, 1.54) is 0 Å². The van der Waals surface area contributed by atoms with Gasteiger partial charge in [0.2, 0.25) is 0 Å². The van der Waals surface area contributed by atoms with Crippen LogP contribution in [0.1, 0.15) is 5.56 Å². The number of pyridine rings is 1. The Morgan fingerprint density at radius 3 is 3.23 bits per heavy atom. The summed E-state index contributed by atoms with van der Waals surface area (Å²) in [5, 5.41) is 11.4. The van der Waals surface area contributed by atoms with Gasteiger partial charge in [0.15, 0.2) is 5.84 Å². The number of fused-ring (bicyclic) bond motifs is 1. The van der Waals surface area contributed by atoms with Gasteiger partial charge in [-0.2, -0.15) is 0 Å². The van der Waals surface area contributed by atoms with Crippen LogP contribution in [0.3, 0.4) is 0 Å². The van der Waals surface area contributed by atoms with Crippen molar-refractivity contribution in [3.05, 3.63) is 36.4 Å². The van der Waals surface area contributed by atoms with Crippen molar-refractivity contribution in [2.45, 2.75) is 0 Å². The number of oxime groups is 1. The molecule has 2 aromatic heterocycles. The van der Waals surface area contributed by atoms with Crippen LogP contribution >= 0.6 is 0 Å². The van der Waals surface area contributed by atoms with Gasteiger partial charge in [-0.1, -0.05) is 5.16 Å². The van der Waals surface area contributed by atoms with Gasteiger partial charge >= 0.3 is 0 Å². The molecular weight excluding hydrogens is 168 g/mol. The van der Waals surface area contributed by atoms with Crippen molar-refractivity contribution < 1.29 is 5.21 Å². The summed E-state index contributed by atoms with van der Waals surface area (Å²) in [6.45, 7) is 0. The Labute approximate surface area is 74.1 Å². The standard InChI is InChI=1S/C8H8N4O/c9-8(11-13)6-1-2-12-5-10-4-7(12)3-6/h1-5,13H,(H2,9,11). The summed E-state index contributed by atoms with van der Waals surface area (Å²) in [5.41, 5.74) is 7.01. The van der Waals surface area contributed by atoms with E-state index < -0.39 is 0 Å². The molecule has 0 saturated heterocycles.